The number of nitrogens with two attached hydrogens (primary N) is 1. The molecule has 1 atom stereocenters. The lowest BCUT2D eigenvalue weighted by Crippen LogP contribution is -2.36. The molecule has 0 amide bonds. The van der Waals surface area contributed by atoms with Gasteiger partial charge in [-0.15, -0.1) is 0 Å². The number of hydrogen-bond acceptors (Lipinski definition) is 7. The summed E-state index contributed by atoms with van der Waals surface area (Å²) in [4.78, 5) is 29.4. The molecule has 0 spiro atoms. The van der Waals surface area contributed by atoms with E-state index in [9.17, 15) is 9.59 Å². The first kappa shape index (κ1) is 23.8. The molecule has 1 aliphatic heterocycles. The van der Waals surface area contributed by atoms with Crippen molar-refractivity contribution in [2.75, 3.05) is 13.2 Å². The lowest BCUT2D eigenvalue weighted by atomic mass is 10.0. The molecule has 0 bridgehead atoms. The van der Waals surface area contributed by atoms with Crippen molar-refractivity contribution in [3.05, 3.63) is 88.4 Å². The molecule has 0 aliphatic carbocycles. The molecular formula is C30H26N2O6. The molecule has 1 aliphatic rings. The van der Waals surface area contributed by atoms with Crippen LogP contribution in [-0.2, 0) is 11.2 Å². The minimum Gasteiger partial charge on any atom is -0.490 e. The zero-order valence-corrected chi connectivity index (χ0v) is 20.8. The second-order valence-corrected chi connectivity index (χ2v) is 9.32. The topological polar surface area (TPSA) is 117 Å². The molecule has 3 heterocycles. The lowest BCUT2D eigenvalue weighted by Gasteiger charge is -2.13. The molecule has 3 N–H and O–H groups in total. The van der Waals surface area contributed by atoms with Gasteiger partial charge < -0.3 is 29.3 Å². The molecular weight excluding hydrogens is 484 g/mol. The molecule has 2 aromatic heterocycles. The number of aromatic nitrogens is 1. The Balaban J connectivity index is 1.25. The number of carbonyl (C=O) groups excluding carboxylic acids is 1. The number of aromatic amines is 1. The summed E-state index contributed by atoms with van der Waals surface area (Å²) >= 11 is 0. The molecule has 0 radical (unpaired) electrons. The van der Waals surface area contributed by atoms with Gasteiger partial charge in [-0.25, -0.2) is 4.79 Å². The summed E-state index contributed by atoms with van der Waals surface area (Å²) < 4.78 is 23.0. The quantitative estimate of drug-likeness (QED) is 0.255. The van der Waals surface area contributed by atoms with Crippen LogP contribution in [0.1, 0.15) is 17.7 Å². The Morgan fingerprint density at radius 1 is 1.03 bits per heavy atom. The minimum atomic E-state index is -0.861. The summed E-state index contributed by atoms with van der Waals surface area (Å²) in [5.41, 5.74) is 9.35. The standard InChI is InChI=1S/C30H26N2O6/c1-17-28(18-7-10-25-27(14-18)36-12-4-11-35-25)29(33)22-9-8-20(15-26(22)37-17)38-30(34)23(31)13-19-16-32-24-6-3-2-5-21(19)24/h2-3,5-10,14-16,23,32H,4,11-13,31H2,1H3/t23-/m1/s1. The summed E-state index contributed by atoms with van der Waals surface area (Å²) in [5.74, 6) is 1.38. The van der Waals surface area contributed by atoms with E-state index in [0.717, 1.165) is 22.9 Å². The maximum Gasteiger partial charge on any atom is 0.328 e. The van der Waals surface area contributed by atoms with Gasteiger partial charge in [-0.2, -0.15) is 0 Å². The van der Waals surface area contributed by atoms with E-state index < -0.39 is 12.0 Å². The van der Waals surface area contributed by atoms with E-state index in [0.29, 0.717) is 59.0 Å². The zero-order chi connectivity index (χ0) is 26.2. The van der Waals surface area contributed by atoms with Gasteiger partial charge in [-0.1, -0.05) is 24.3 Å². The molecule has 8 heteroatoms. The number of para-hydroxylation sites is 1. The molecule has 0 saturated heterocycles. The Labute approximate surface area is 217 Å². The van der Waals surface area contributed by atoms with Crippen LogP contribution in [-0.4, -0.2) is 30.2 Å². The normalized spacial score (nSPS) is 13.8. The molecule has 0 unspecified atom stereocenters. The predicted molar refractivity (Wildman–Crippen MR) is 144 cm³/mol. The van der Waals surface area contributed by atoms with Crippen LogP contribution in [0.2, 0.25) is 0 Å². The number of H-pyrrole nitrogens is 1. The van der Waals surface area contributed by atoms with Gasteiger partial charge in [0.1, 0.15) is 23.1 Å². The highest BCUT2D eigenvalue weighted by Crippen LogP contribution is 2.35. The highest BCUT2D eigenvalue weighted by molar-refractivity contribution is 5.87. The first-order valence-electron chi connectivity index (χ1n) is 12.5. The Bertz CT molecular complexity index is 1730. The molecule has 3 aromatic carbocycles. The van der Waals surface area contributed by atoms with Crippen molar-refractivity contribution in [2.45, 2.75) is 25.8 Å². The molecule has 38 heavy (non-hydrogen) atoms. The van der Waals surface area contributed by atoms with E-state index in [4.69, 9.17) is 24.4 Å². The maximum absolute atomic E-state index is 13.4. The summed E-state index contributed by atoms with van der Waals surface area (Å²) in [7, 11) is 0. The molecule has 192 valence electrons. The summed E-state index contributed by atoms with van der Waals surface area (Å²) in [6.45, 7) is 2.87. The second kappa shape index (κ2) is 9.72. The van der Waals surface area contributed by atoms with Gasteiger partial charge in [0, 0.05) is 36.0 Å². The smallest absolute Gasteiger partial charge is 0.328 e. The number of rotatable bonds is 5. The number of ether oxygens (including phenoxy) is 3. The van der Waals surface area contributed by atoms with E-state index in [1.165, 1.54) is 6.07 Å². The molecule has 0 saturated carbocycles. The Hall–Kier alpha value is -4.56. The third-order valence-electron chi connectivity index (χ3n) is 6.71. The number of carbonyl (C=O) groups is 1. The van der Waals surface area contributed by atoms with Crippen LogP contribution in [0.3, 0.4) is 0 Å². The fourth-order valence-corrected chi connectivity index (χ4v) is 4.81. The van der Waals surface area contributed by atoms with Crippen molar-refractivity contribution < 1.29 is 23.4 Å². The second-order valence-electron chi connectivity index (χ2n) is 9.32. The summed E-state index contributed by atoms with van der Waals surface area (Å²) in [5, 5.41) is 1.39. The van der Waals surface area contributed by atoms with Crippen LogP contribution in [0.25, 0.3) is 33.0 Å². The predicted octanol–water partition coefficient (Wildman–Crippen LogP) is 4.89. The Morgan fingerprint density at radius 3 is 2.71 bits per heavy atom. The average Bonchev–Trinajstić information content (AvgIpc) is 3.16. The molecule has 5 aromatic rings. The fourth-order valence-electron chi connectivity index (χ4n) is 4.81. The zero-order valence-electron chi connectivity index (χ0n) is 20.8. The fraction of sp³-hybridized carbons (Fsp3) is 0.200. The third kappa shape index (κ3) is 4.39. The largest absolute Gasteiger partial charge is 0.490 e. The Morgan fingerprint density at radius 2 is 1.84 bits per heavy atom. The van der Waals surface area contributed by atoms with E-state index in [1.807, 2.05) is 36.5 Å². The van der Waals surface area contributed by atoms with Crippen molar-refractivity contribution >= 4 is 27.8 Å². The van der Waals surface area contributed by atoms with Gasteiger partial charge in [-0.3, -0.25) is 4.79 Å². The van der Waals surface area contributed by atoms with Gasteiger partial charge in [0.15, 0.2) is 11.5 Å². The SMILES string of the molecule is Cc1oc2cc(OC(=O)[C@H](N)Cc3c[nH]c4ccccc34)ccc2c(=O)c1-c1ccc2c(c1)OCCCO2. The van der Waals surface area contributed by atoms with Crippen LogP contribution in [0, 0.1) is 6.92 Å². The first-order valence-corrected chi connectivity index (χ1v) is 12.5. The third-order valence-corrected chi connectivity index (χ3v) is 6.71. The average molecular weight is 511 g/mol. The van der Waals surface area contributed by atoms with Crippen LogP contribution in [0.5, 0.6) is 17.2 Å². The minimum absolute atomic E-state index is 0.188. The number of hydrogen-bond donors (Lipinski definition) is 2. The molecule has 6 rings (SSSR count). The van der Waals surface area contributed by atoms with E-state index >= 15 is 0 Å². The number of nitrogens with one attached hydrogen (secondary N) is 1. The monoisotopic (exact) mass is 510 g/mol. The number of aryl methyl sites for hydroxylation is 1. The number of esters is 1. The van der Waals surface area contributed by atoms with Gasteiger partial charge in [-0.05, 0) is 48.4 Å². The number of benzene rings is 3. The van der Waals surface area contributed by atoms with Crippen molar-refractivity contribution in [3.63, 3.8) is 0 Å². The van der Waals surface area contributed by atoms with Crippen molar-refractivity contribution in [1.29, 1.82) is 0 Å². The summed E-state index contributed by atoms with van der Waals surface area (Å²) in [6.07, 6.45) is 2.97. The van der Waals surface area contributed by atoms with Gasteiger partial charge in [0.05, 0.1) is 24.2 Å². The van der Waals surface area contributed by atoms with Crippen molar-refractivity contribution in [1.82, 2.24) is 4.98 Å². The highest BCUT2D eigenvalue weighted by Gasteiger charge is 2.21. The number of fused-ring (bicyclic) bond motifs is 3. The van der Waals surface area contributed by atoms with Crippen molar-refractivity contribution in [2.24, 2.45) is 5.73 Å². The van der Waals surface area contributed by atoms with Crippen LogP contribution in [0.4, 0.5) is 0 Å². The van der Waals surface area contributed by atoms with E-state index in [2.05, 4.69) is 4.98 Å². The molecule has 0 fully saturated rings. The maximum atomic E-state index is 13.4. The first-order chi connectivity index (χ1) is 18.5. The lowest BCUT2D eigenvalue weighted by molar-refractivity contribution is -0.135. The van der Waals surface area contributed by atoms with Gasteiger partial charge >= 0.3 is 5.97 Å². The highest BCUT2D eigenvalue weighted by atomic mass is 16.5. The summed E-state index contributed by atoms with van der Waals surface area (Å²) in [6, 6.07) is 17.1. The van der Waals surface area contributed by atoms with Crippen LogP contribution in [0.15, 0.2) is 76.1 Å². The van der Waals surface area contributed by atoms with Gasteiger partial charge in [0.25, 0.3) is 0 Å². The van der Waals surface area contributed by atoms with E-state index in [1.54, 1.807) is 31.2 Å². The van der Waals surface area contributed by atoms with Crippen LogP contribution < -0.4 is 25.4 Å². The van der Waals surface area contributed by atoms with E-state index in [-0.39, 0.29) is 11.2 Å². The van der Waals surface area contributed by atoms with Gasteiger partial charge in [0.2, 0.25) is 5.43 Å². The van der Waals surface area contributed by atoms with Crippen LogP contribution >= 0.6 is 0 Å². The van der Waals surface area contributed by atoms with Crippen molar-refractivity contribution in [3.8, 4) is 28.4 Å². The molecule has 8 nitrogen and oxygen atoms in total. The Kier molecular flexibility index (Phi) is 6.09.